The van der Waals surface area contributed by atoms with Crippen molar-refractivity contribution < 1.29 is 8.78 Å². The van der Waals surface area contributed by atoms with Gasteiger partial charge in [-0.1, -0.05) is 0 Å². The number of nitrogens with one attached hydrogen (secondary N) is 1. The molecule has 2 saturated heterocycles. The summed E-state index contributed by atoms with van der Waals surface area (Å²) in [6.07, 6.45) is 5.63. The van der Waals surface area contributed by atoms with Gasteiger partial charge in [0.15, 0.2) is 0 Å². The molecular formula is C18H22F2N6. The largest absolute Gasteiger partial charge is 0.338 e. The highest BCUT2D eigenvalue weighted by molar-refractivity contribution is 5.65. The van der Waals surface area contributed by atoms with Crippen LogP contribution in [-0.2, 0) is 12.3 Å². The lowest BCUT2D eigenvalue weighted by atomic mass is 9.90. The van der Waals surface area contributed by atoms with Crippen molar-refractivity contribution in [2.45, 2.75) is 50.6 Å². The van der Waals surface area contributed by atoms with Gasteiger partial charge in [0.25, 0.3) is 5.92 Å². The first-order valence-corrected chi connectivity index (χ1v) is 9.34. The molecule has 1 N–H and O–H groups in total. The third-order valence-electron chi connectivity index (χ3n) is 5.85. The Morgan fingerprint density at radius 2 is 2.12 bits per heavy atom. The zero-order valence-corrected chi connectivity index (χ0v) is 14.8. The molecular weight excluding hydrogens is 338 g/mol. The molecule has 1 atom stereocenters. The van der Waals surface area contributed by atoms with E-state index in [1.165, 1.54) is 0 Å². The average molecular weight is 360 g/mol. The average Bonchev–Trinajstić information content (AvgIpc) is 3.01. The van der Waals surface area contributed by atoms with E-state index in [4.69, 9.17) is 4.98 Å². The molecule has 1 unspecified atom stereocenters. The van der Waals surface area contributed by atoms with Crippen LogP contribution in [-0.4, -0.2) is 45.4 Å². The normalized spacial score (nSPS) is 24.7. The van der Waals surface area contributed by atoms with Crippen LogP contribution in [0.25, 0.3) is 11.3 Å². The molecule has 0 saturated carbocycles. The summed E-state index contributed by atoms with van der Waals surface area (Å²) in [6, 6.07) is 0.625. The van der Waals surface area contributed by atoms with Crippen LogP contribution in [0.1, 0.15) is 43.5 Å². The van der Waals surface area contributed by atoms with Gasteiger partial charge in [0.2, 0.25) is 5.95 Å². The zero-order valence-electron chi connectivity index (χ0n) is 14.8. The van der Waals surface area contributed by atoms with Crippen LogP contribution in [0.3, 0.4) is 0 Å². The van der Waals surface area contributed by atoms with Crippen LogP contribution >= 0.6 is 0 Å². The second kappa shape index (κ2) is 5.70. The number of fused-ring (bicyclic) bond motifs is 1. The van der Waals surface area contributed by atoms with E-state index in [0.29, 0.717) is 42.1 Å². The Bertz CT molecular complexity index is 844. The topological polar surface area (TPSA) is 58.9 Å². The molecule has 6 nitrogen and oxygen atoms in total. The van der Waals surface area contributed by atoms with Gasteiger partial charge in [0.05, 0.1) is 17.9 Å². The Morgan fingerprint density at radius 1 is 1.27 bits per heavy atom. The summed E-state index contributed by atoms with van der Waals surface area (Å²) in [7, 11) is 0. The molecule has 8 heteroatoms. The van der Waals surface area contributed by atoms with E-state index in [2.05, 4.69) is 22.3 Å². The summed E-state index contributed by atoms with van der Waals surface area (Å²) in [5, 5.41) is 7.66. The standard InChI is InChI=1S/C18H22F2N6/c1-11-4-6-25(11)17-23-15(12-7-22-26(10-12)13-8-21-9-13)14-3-2-5-18(19,20)16(14)24-17/h7,10-11,13,21H,2-6,8-9H2,1H3. The van der Waals surface area contributed by atoms with Gasteiger partial charge in [-0.05, 0) is 26.2 Å². The summed E-state index contributed by atoms with van der Waals surface area (Å²) >= 11 is 0. The summed E-state index contributed by atoms with van der Waals surface area (Å²) in [5.74, 6) is -2.46. The van der Waals surface area contributed by atoms with Gasteiger partial charge in [-0.2, -0.15) is 13.9 Å². The molecule has 0 amide bonds. The smallest absolute Gasteiger partial charge is 0.290 e. The first-order chi connectivity index (χ1) is 12.5. The number of nitrogens with zero attached hydrogens (tertiary/aromatic N) is 5. The SMILES string of the molecule is CC1CCN1c1nc(-c2cnn(C3CNC3)c2)c2c(n1)C(F)(F)CCC2. The number of hydrogen-bond donors (Lipinski definition) is 1. The minimum Gasteiger partial charge on any atom is -0.338 e. The summed E-state index contributed by atoms with van der Waals surface area (Å²) in [5.41, 5.74) is 1.94. The van der Waals surface area contributed by atoms with Gasteiger partial charge in [0, 0.05) is 49.4 Å². The highest BCUT2D eigenvalue weighted by Crippen LogP contribution is 2.43. The fourth-order valence-corrected chi connectivity index (χ4v) is 3.92. The lowest BCUT2D eigenvalue weighted by Crippen LogP contribution is -2.47. The molecule has 0 aromatic carbocycles. The number of rotatable bonds is 3. The predicted octanol–water partition coefficient (Wildman–Crippen LogP) is 2.51. The molecule has 5 rings (SSSR count). The minimum absolute atomic E-state index is 0.0825. The van der Waals surface area contributed by atoms with Crippen molar-refractivity contribution in [3.8, 4) is 11.3 Å². The van der Waals surface area contributed by atoms with E-state index < -0.39 is 5.92 Å². The summed E-state index contributed by atoms with van der Waals surface area (Å²) in [6.45, 7) is 4.67. The van der Waals surface area contributed by atoms with Crippen LogP contribution in [0.15, 0.2) is 12.4 Å². The predicted molar refractivity (Wildman–Crippen MR) is 93.4 cm³/mol. The maximum atomic E-state index is 14.6. The third-order valence-corrected chi connectivity index (χ3v) is 5.85. The lowest BCUT2D eigenvalue weighted by Gasteiger charge is -2.39. The molecule has 138 valence electrons. The molecule has 26 heavy (non-hydrogen) atoms. The molecule has 0 bridgehead atoms. The van der Waals surface area contributed by atoms with Crippen molar-refractivity contribution in [1.29, 1.82) is 0 Å². The van der Waals surface area contributed by atoms with Gasteiger partial charge in [0.1, 0.15) is 5.69 Å². The second-order valence-corrected chi connectivity index (χ2v) is 7.61. The summed E-state index contributed by atoms with van der Waals surface area (Å²) in [4.78, 5) is 11.1. The van der Waals surface area contributed by atoms with E-state index in [0.717, 1.165) is 31.6 Å². The Labute approximate surface area is 150 Å². The van der Waals surface area contributed by atoms with Gasteiger partial charge in [-0.3, -0.25) is 4.68 Å². The molecule has 4 heterocycles. The molecule has 0 radical (unpaired) electrons. The molecule has 2 aliphatic heterocycles. The monoisotopic (exact) mass is 360 g/mol. The van der Waals surface area contributed by atoms with E-state index in [-0.39, 0.29) is 12.1 Å². The third kappa shape index (κ3) is 2.42. The van der Waals surface area contributed by atoms with E-state index >= 15 is 0 Å². The molecule has 0 spiro atoms. The molecule has 2 fully saturated rings. The van der Waals surface area contributed by atoms with Gasteiger partial charge < -0.3 is 10.2 Å². The maximum absolute atomic E-state index is 14.6. The van der Waals surface area contributed by atoms with Crippen LogP contribution in [0.4, 0.5) is 14.7 Å². The second-order valence-electron chi connectivity index (χ2n) is 7.61. The lowest BCUT2D eigenvalue weighted by molar-refractivity contribution is -0.0263. The quantitative estimate of drug-likeness (QED) is 0.911. The van der Waals surface area contributed by atoms with Crippen molar-refractivity contribution >= 4 is 5.95 Å². The summed E-state index contributed by atoms with van der Waals surface area (Å²) < 4.78 is 31.1. The minimum atomic E-state index is -2.89. The Hall–Kier alpha value is -2.09. The number of aromatic nitrogens is 4. The maximum Gasteiger partial charge on any atom is 0.290 e. The van der Waals surface area contributed by atoms with E-state index in [1.807, 2.05) is 15.8 Å². The number of hydrogen-bond acceptors (Lipinski definition) is 5. The van der Waals surface area contributed by atoms with Crippen molar-refractivity contribution in [3.63, 3.8) is 0 Å². The first kappa shape index (κ1) is 16.1. The Balaban J connectivity index is 1.63. The fourth-order valence-electron chi connectivity index (χ4n) is 3.92. The zero-order chi connectivity index (χ0) is 17.9. The number of alkyl halides is 2. The molecule has 1 aliphatic carbocycles. The van der Waals surface area contributed by atoms with Gasteiger partial charge in [-0.15, -0.1) is 0 Å². The highest BCUT2D eigenvalue weighted by Gasteiger charge is 2.41. The van der Waals surface area contributed by atoms with Crippen molar-refractivity contribution in [2.75, 3.05) is 24.5 Å². The van der Waals surface area contributed by atoms with Gasteiger partial charge >= 0.3 is 0 Å². The van der Waals surface area contributed by atoms with E-state index in [9.17, 15) is 8.78 Å². The van der Waals surface area contributed by atoms with Gasteiger partial charge in [-0.25, -0.2) is 9.97 Å². The number of anilines is 1. The fraction of sp³-hybridized carbons (Fsp3) is 0.611. The number of halogens is 2. The molecule has 2 aromatic rings. The van der Waals surface area contributed by atoms with Crippen LogP contribution < -0.4 is 10.2 Å². The van der Waals surface area contributed by atoms with Crippen molar-refractivity contribution in [3.05, 3.63) is 23.7 Å². The highest BCUT2D eigenvalue weighted by atomic mass is 19.3. The van der Waals surface area contributed by atoms with Crippen molar-refractivity contribution in [1.82, 2.24) is 25.1 Å². The Morgan fingerprint density at radius 3 is 2.77 bits per heavy atom. The molecule has 3 aliphatic rings. The van der Waals surface area contributed by atoms with Crippen LogP contribution in [0.2, 0.25) is 0 Å². The van der Waals surface area contributed by atoms with E-state index in [1.54, 1.807) is 6.20 Å². The first-order valence-electron chi connectivity index (χ1n) is 9.34. The van der Waals surface area contributed by atoms with Crippen LogP contribution in [0, 0.1) is 0 Å². The Kier molecular flexibility index (Phi) is 3.53. The van der Waals surface area contributed by atoms with Crippen LogP contribution in [0.5, 0.6) is 0 Å². The van der Waals surface area contributed by atoms with Crippen molar-refractivity contribution in [2.24, 2.45) is 0 Å². The molecule has 2 aromatic heterocycles.